The zero-order chi connectivity index (χ0) is 15.2. The zero-order valence-electron chi connectivity index (χ0n) is 14.0. The lowest BCUT2D eigenvalue weighted by Crippen LogP contribution is -2.43. The molecule has 118 valence electrons. The maximum atomic E-state index is 6.14. The summed E-state index contributed by atoms with van der Waals surface area (Å²) in [5, 5.41) is 3.57. The summed E-state index contributed by atoms with van der Waals surface area (Å²) in [7, 11) is 2.09. The first-order chi connectivity index (χ1) is 10.2. The van der Waals surface area contributed by atoms with Crippen molar-refractivity contribution in [2.45, 2.75) is 52.2 Å². The molecule has 4 unspecified atom stereocenters. The fourth-order valence-electron chi connectivity index (χ4n) is 4.17. The molecule has 0 saturated heterocycles. The first kappa shape index (κ1) is 16.5. The average molecular weight is 289 g/mol. The topological polar surface area (TPSA) is 21.3 Å². The molecular formula is C19H31NO. The van der Waals surface area contributed by atoms with Gasteiger partial charge in [-0.3, -0.25) is 0 Å². The third-order valence-electron chi connectivity index (χ3n) is 4.86. The minimum atomic E-state index is 0.156. The van der Waals surface area contributed by atoms with Crippen molar-refractivity contribution in [3.63, 3.8) is 0 Å². The molecule has 1 aliphatic rings. The smallest absolute Gasteiger partial charge is 0.0980 e. The summed E-state index contributed by atoms with van der Waals surface area (Å²) in [5.41, 5.74) is 1.30. The van der Waals surface area contributed by atoms with Crippen molar-refractivity contribution in [2.75, 3.05) is 13.7 Å². The lowest BCUT2D eigenvalue weighted by atomic mass is 9.72. The molecule has 1 fully saturated rings. The summed E-state index contributed by atoms with van der Waals surface area (Å²) < 4.78 is 6.14. The number of likely N-dealkylation sites (N-methyl/N-ethyl adjacent to an activating group) is 1. The maximum absolute atomic E-state index is 6.14. The highest BCUT2D eigenvalue weighted by Crippen LogP contribution is 2.38. The van der Waals surface area contributed by atoms with Gasteiger partial charge in [-0.05, 0) is 56.6 Å². The Kier molecular flexibility index (Phi) is 6.25. The first-order valence-electron chi connectivity index (χ1n) is 8.49. The van der Waals surface area contributed by atoms with Crippen LogP contribution < -0.4 is 5.32 Å². The minimum Gasteiger partial charge on any atom is -0.372 e. The van der Waals surface area contributed by atoms with E-state index in [1.165, 1.54) is 24.8 Å². The Morgan fingerprint density at radius 2 is 1.71 bits per heavy atom. The monoisotopic (exact) mass is 289 g/mol. The Hall–Kier alpha value is -0.860. The maximum Gasteiger partial charge on any atom is 0.0980 e. The van der Waals surface area contributed by atoms with E-state index in [1.807, 2.05) is 0 Å². The molecule has 2 rings (SSSR count). The van der Waals surface area contributed by atoms with Crippen molar-refractivity contribution in [3.8, 4) is 0 Å². The van der Waals surface area contributed by atoms with Gasteiger partial charge in [0.1, 0.15) is 0 Å². The Balaban J connectivity index is 2.19. The second-order valence-electron chi connectivity index (χ2n) is 6.78. The third kappa shape index (κ3) is 4.31. The van der Waals surface area contributed by atoms with E-state index in [9.17, 15) is 0 Å². The summed E-state index contributed by atoms with van der Waals surface area (Å²) in [6, 6.07) is 11.1. The molecule has 0 bridgehead atoms. The van der Waals surface area contributed by atoms with Gasteiger partial charge in [0.2, 0.25) is 0 Å². The van der Waals surface area contributed by atoms with Gasteiger partial charge in [-0.15, -0.1) is 0 Å². The van der Waals surface area contributed by atoms with Crippen LogP contribution in [0.4, 0.5) is 0 Å². The average Bonchev–Trinajstić information content (AvgIpc) is 2.47. The number of nitrogens with one attached hydrogen (secondary N) is 1. The van der Waals surface area contributed by atoms with E-state index in [0.29, 0.717) is 12.0 Å². The number of hydrogen-bond donors (Lipinski definition) is 1. The molecule has 1 aromatic carbocycles. The molecule has 1 N–H and O–H groups in total. The predicted octanol–water partition coefficient (Wildman–Crippen LogP) is 4.42. The Labute approximate surface area is 130 Å². The Morgan fingerprint density at radius 1 is 1.10 bits per heavy atom. The van der Waals surface area contributed by atoms with E-state index in [1.54, 1.807) is 0 Å². The molecule has 0 aromatic heterocycles. The van der Waals surface area contributed by atoms with Gasteiger partial charge >= 0.3 is 0 Å². The molecule has 2 heteroatoms. The molecular weight excluding hydrogens is 258 g/mol. The van der Waals surface area contributed by atoms with E-state index in [2.05, 4.69) is 63.5 Å². The van der Waals surface area contributed by atoms with Gasteiger partial charge in [0.15, 0.2) is 0 Å². The summed E-state index contributed by atoms with van der Waals surface area (Å²) in [6.07, 6.45) is 4.15. The van der Waals surface area contributed by atoms with Crippen LogP contribution in [0, 0.1) is 17.8 Å². The van der Waals surface area contributed by atoms with E-state index in [4.69, 9.17) is 4.74 Å². The van der Waals surface area contributed by atoms with Gasteiger partial charge < -0.3 is 10.1 Å². The summed E-state index contributed by atoms with van der Waals surface area (Å²) in [5.74, 6) is 2.35. The molecule has 0 heterocycles. The van der Waals surface area contributed by atoms with Gasteiger partial charge in [0.05, 0.1) is 6.10 Å². The molecule has 2 nitrogen and oxygen atoms in total. The van der Waals surface area contributed by atoms with Gasteiger partial charge in [-0.1, -0.05) is 44.2 Å². The van der Waals surface area contributed by atoms with Gasteiger partial charge in [-0.25, -0.2) is 0 Å². The SMILES string of the molecule is CCOC(c1ccccc1)C(NC)C1CC(C)CC(C)C1. The van der Waals surface area contributed by atoms with Gasteiger partial charge in [0.25, 0.3) is 0 Å². The third-order valence-corrected chi connectivity index (χ3v) is 4.86. The van der Waals surface area contributed by atoms with Crippen LogP contribution in [0.3, 0.4) is 0 Å². The molecule has 1 aromatic rings. The molecule has 0 aliphatic heterocycles. The highest BCUT2D eigenvalue weighted by atomic mass is 16.5. The van der Waals surface area contributed by atoms with Crippen LogP contribution in [0.1, 0.15) is 51.7 Å². The molecule has 1 aliphatic carbocycles. The molecule has 4 atom stereocenters. The minimum absolute atomic E-state index is 0.156. The standard InChI is InChI=1S/C19H31NO/c1-5-21-19(16-9-7-6-8-10-16)18(20-4)17-12-14(2)11-15(3)13-17/h6-10,14-15,17-20H,5,11-13H2,1-4H3. The molecule has 0 amide bonds. The lowest BCUT2D eigenvalue weighted by Gasteiger charge is -2.40. The highest BCUT2D eigenvalue weighted by Gasteiger charge is 2.34. The zero-order valence-corrected chi connectivity index (χ0v) is 14.0. The number of ether oxygens (including phenoxy) is 1. The van der Waals surface area contributed by atoms with Crippen LogP contribution in [0.25, 0.3) is 0 Å². The lowest BCUT2D eigenvalue weighted by molar-refractivity contribution is 0.00434. The Morgan fingerprint density at radius 3 is 2.24 bits per heavy atom. The fourth-order valence-corrected chi connectivity index (χ4v) is 4.17. The van der Waals surface area contributed by atoms with E-state index in [0.717, 1.165) is 18.4 Å². The molecule has 0 radical (unpaired) electrons. The number of rotatable bonds is 6. The van der Waals surface area contributed by atoms with E-state index < -0.39 is 0 Å². The van der Waals surface area contributed by atoms with Crippen LogP contribution in [-0.4, -0.2) is 19.7 Å². The quantitative estimate of drug-likeness (QED) is 0.837. The van der Waals surface area contributed by atoms with E-state index >= 15 is 0 Å². The van der Waals surface area contributed by atoms with Crippen LogP contribution >= 0.6 is 0 Å². The summed E-state index contributed by atoms with van der Waals surface area (Å²) >= 11 is 0. The summed E-state index contributed by atoms with van der Waals surface area (Å²) in [4.78, 5) is 0. The van der Waals surface area contributed by atoms with Gasteiger partial charge in [0, 0.05) is 12.6 Å². The van der Waals surface area contributed by atoms with Crippen molar-refractivity contribution in [1.29, 1.82) is 0 Å². The van der Waals surface area contributed by atoms with Crippen LogP contribution in [0.2, 0.25) is 0 Å². The molecule has 0 spiro atoms. The largest absolute Gasteiger partial charge is 0.372 e. The summed E-state index contributed by atoms with van der Waals surface area (Å²) in [6.45, 7) is 7.64. The Bertz CT molecular complexity index is 395. The van der Waals surface area contributed by atoms with Crippen LogP contribution in [0.5, 0.6) is 0 Å². The second-order valence-corrected chi connectivity index (χ2v) is 6.78. The highest BCUT2D eigenvalue weighted by molar-refractivity contribution is 5.19. The van der Waals surface area contributed by atoms with Crippen LogP contribution in [-0.2, 0) is 4.74 Å². The fraction of sp³-hybridized carbons (Fsp3) is 0.684. The molecule has 21 heavy (non-hydrogen) atoms. The van der Waals surface area contributed by atoms with Crippen molar-refractivity contribution in [1.82, 2.24) is 5.32 Å². The molecule has 1 saturated carbocycles. The van der Waals surface area contributed by atoms with Crippen molar-refractivity contribution in [2.24, 2.45) is 17.8 Å². The van der Waals surface area contributed by atoms with Crippen molar-refractivity contribution >= 4 is 0 Å². The van der Waals surface area contributed by atoms with Crippen molar-refractivity contribution < 1.29 is 4.74 Å². The van der Waals surface area contributed by atoms with Crippen LogP contribution in [0.15, 0.2) is 30.3 Å². The first-order valence-corrected chi connectivity index (χ1v) is 8.49. The predicted molar refractivity (Wildman–Crippen MR) is 89.3 cm³/mol. The second kappa shape index (κ2) is 7.95. The van der Waals surface area contributed by atoms with Crippen molar-refractivity contribution in [3.05, 3.63) is 35.9 Å². The van der Waals surface area contributed by atoms with E-state index in [-0.39, 0.29) is 6.10 Å². The normalized spacial score (nSPS) is 29.0. The number of benzene rings is 1. The van der Waals surface area contributed by atoms with Gasteiger partial charge in [-0.2, -0.15) is 0 Å². The number of hydrogen-bond acceptors (Lipinski definition) is 2.